The van der Waals surface area contributed by atoms with E-state index in [4.69, 9.17) is 0 Å². The van der Waals surface area contributed by atoms with Crippen molar-refractivity contribution in [3.63, 3.8) is 0 Å². The lowest BCUT2D eigenvalue weighted by molar-refractivity contribution is -0.119. The Bertz CT molecular complexity index is 745. The zero-order valence-corrected chi connectivity index (χ0v) is 15.0. The summed E-state index contributed by atoms with van der Waals surface area (Å²) in [4.78, 5) is 24.0. The number of hydrogen-bond donors (Lipinski definition) is 2. The molecule has 132 valence electrons. The number of anilines is 1. The average molecular weight is 380 g/mol. The van der Waals surface area contributed by atoms with Crippen LogP contribution in [0.25, 0.3) is 0 Å². The Hall–Kier alpha value is -2.00. The van der Waals surface area contributed by atoms with E-state index in [0.29, 0.717) is 16.1 Å². The van der Waals surface area contributed by atoms with Gasteiger partial charge in [-0.15, -0.1) is 10.2 Å². The van der Waals surface area contributed by atoms with Gasteiger partial charge < -0.3 is 10.6 Å². The minimum atomic E-state index is -0.411. The smallest absolute Gasteiger partial charge is 0.286 e. The van der Waals surface area contributed by atoms with Crippen molar-refractivity contribution < 1.29 is 14.0 Å². The molecule has 6 nitrogen and oxygen atoms in total. The number of hydrogen-bond acceptors (Lipinski definition) is 6. The van der Waals surface area contributed by atoms with Crippen LogP contribution in [0.3, 0.4) is 0 Å². The SMILES string of the molecule is O=C(CSc1nnc(C(=O)Nc2ccc(F)cc2)s1)NC1CCCC1. The number of nitrogens with zero attached hydrogens (tertiary/aromatic N) is 2. The van der Waals surface area contributed by atoms with E-state index < -0.39 is 5.91 Å². The molecule has 0 aliphatic heterocycles. The highest BCUT2D eigenvalue weighted by molar-refractivity contribution is 8.01. The van der Waals surface area contributed by atoms with Crippen LogP contribution in [0, 0.1) is 5.82 Å². The third-order valence-corrected chi connectivity index (χ3v) is 5.81. The van der Waals surface area contributed by atoms with E-state index in [9.17, 15) is 14.0 Å². The van der Waals surface area contributed by atoms with Gasteiger partial charge in [0, 0.05) is 11.7 Å². The van der Waals surface area contributed by atoms with Crippen molar-refractivity contribution in [2.75, 3.05) is 11.1 Å². The van der Waals surface area contributed by atoms with E-state index in [-0.39, 0.29) is 22.5 Å². The molecule has 0 atom stereocenters. The summed E-state index contributed by atoms with van der Waals surface area (Å²) in [6, 6.07) is 5.76. The second kappa shape index (κ2) is 8.39. The van der Waals surface area contributed by atoms with Crippen LogP contribution in [0.4, 0.5) is 10.1 Å². The van der Waals surface area contributed by atoms with Crippen LogP contribution < -0.4 is 10.6 Å². The Morgan fingerprint density at radius 3 is 2.64 bits per heavy atom. The number of thioether (sulfide) groups is 1. The molecule has 1 aromatic carbocycles. The number of amides is 2. The molecule has 2 amide bonds. The van der Waals surface area contributed by atoms with E-state index in [1.807, 2.05) is 0 Å². The minimum Gasteiger partial charge on any atom is -0.353 e. The molecule has 1 fully saturated rings. The zero-order chi connectivity index (χ0) is 17.6. The van der Waals surface area contributed by atoms with Crippen LogP contribution >= 0.6 is 23.1 Å². The van der Waals surface area contributed by atoms with Crippen LogP contribution in [0.2, 0.25) is 0 Å². The molecule has 9 heteroatoms. The Labute approximate surface area is 152 Å². The first-order valence-corrected chi connectivity index (χ1v) is 9.73. The summed E-state index contributed by atoms with van der Waals surface area (Å²) in [6.45, 7) is 0. The maximum atomic E-state index is 12.9. The van der Waals surface area contributed by atoms with Crippen LogP contribution in [-0.2, 0) is 4.79 Å². The largest absolute Gasteiger partial charge is 0.353 e. The summed E-state index contributed by atoms with van der Waals surface area (Å²) in [7, 11) is 0. The molecule has 1 saturated carbocycles. The lowest BCUT2D eigenvalue weighted by atomic mass is 10.2. The third-order valence-electron chi connectivity index (χ3n) is 3.75. The molecule has 1 aliphatic carbocycles. The maximum Gasteiger partial charge on any atom is 0.286 e. The molecule has 2 N–H and O–H groups in total. The van der Waals surface area contributed by atoms with E-state index >= 15 is 0 Å². The van der Waals surface area contributed by atoms with Crippen LogP contribution in [0.15, 0.2) is 28.6 Å². The molecule has 1 heterocycles. The standard InChI is InChI=1S/C16H17FN4O2S2/c17-10-5-7-12(8-6-10)19-14(23)15-20-21-16(25-15)24-9-13(22)18-11-3-1-2-4-11/h5-8,11H,1-4,9H2,(H,18,22)(H,19,23). The van der Waals surface area contributed by atoms with Crippen LogP contribution in [0.1, 0.15) is 35.5 Å². The average Bonchev–Trinajstić information content (AvgIpc) is 3.27. The fourth-order valence-corrected chi connectivity index (χ4v) is 4.10. The van der Waals surface area contributed by atoms with Gasteiger partial charge in [-0.2, -0.15) is 0 Å². The van der Waals surface area contributed by atoms with E-state index in [1.54, 1.807) is 0 Å². The number of nitrogens with one attached hydrogen (secondary N) is 2. The minimum absolute atomic E-state index is 0.0237. The Balaban J connectivity index is 1.48. The number of aromatic nitrogens is 2. The summed E-state index contributed by atoms with van der Waals surface area (Å²) in [6.07, 6.45) is 4.42. The second-order valence-corrected chi connectivity index (χ2v) is 7.87. The second-order valence-electron chi connectivity index (χ2n) is 5.67. The molecule has 0 unspecified atom stereocenters. The molecule has 1 aromatic heterocycles. The van der Waals surface area contributed by atoms with Gasteiger partial charge in [0.2, 0.25) is 10.9 Å². The summed E-state index contributed by atoms with van der Waals surface area (Å²) in [5.41, 5.74) is 0.478. The van der Waals surface area contributed by atoms with Crippen LogP contribution in [-0.4, -0.2) is 33.8 Å². The molecule has 25 heavy (non-hydrogen) atoms. The van der Waals surface area contributed by atoms with Crippen molar-refractivity contribution in [3.05, 3.63) is 35.1 Å². The van der Waals surface area contributed by atoms with Crippen molar-refractivity contribution >= 4 is 40.6 Å². The Kier molecular flexibility index (Phi) is 5.98. The van der Waals surface area contributed by atoms with Crippen molar-refractivity contribution in [3.8, 4) is 0 Å². The normalized spacial score (nSPS) is 14.4. The first kappa shape index (κ1) is 17.8. The molecule has 0 spiro atoms. The van der Waals surface area contributed by atoms with Crippen molar-refractivity contribution in [1.82, 2.24) is 15.5 Å². The summed E-state index contributed by atoms with van der Waals surface area (Å²) < 4.78 is 13.4. The molecular formula is C16H17FN4O2S2. The molecule has 0 bridgehead atoms. The Morgan fingerprint density at radius 1 is 1.20 bits per heavy atom. The highest BCUT2D eigenvalue weighted by Crippen LogP contribution is 2.23. The van der Waals surface area contributed by atoms with Crippen molar-refractivity contribution in [1.29, 1.82) is 0 Å². The summed E-state index contributed by atoms with van der Waals surface area (Å²) in [5, 5.41) is 13.6. The van der Waals surface area contributed by atoms with Gasteiger partial charge in [0.15, 0.2) is 4.34 Å². The number of carbonyl (C=O) groups excluding carboxylic acids is 2. The summed E-state index contributed by atoms with van der Waals surface area (Å²) in [5.74, 6) is -0.552. The lowest BCUT2D eigenvalue weighted by Crippen LogP contribution is -2.33. The number of carbonyl (C=O) groups is 2. The van der Waals surface area contributed by atoms with E-state index in [2.05, 4.69) is 20.8 Å². The molecule has 0 radical (unpaired) electrons. The van der Waals surface area contributed by atoms with Gasteiger partial charge >= 0.3 is 0 Å². The molecule has 2 aromatic rings. The van der Waals surface area contributed by atoms with Gasteiger partial charge in [0.1, 0.15) is 5.82 Å². The number of halogens is 1. The highest BCUT2D eigenvalue weighted by atomic mass is 32.2. The van der Waals surface area contributed by atoms with Gasteiger partial charge in [0.05, 0.1) is 5.75 Å². The first-order chi connectivity index (χ1) is 12.1. The topological polar surface area (TPSA) is 84.0 Å². The van der Waals surface area contributed by atoms with Gasteiger partial charge in [0.25, 0.3) is 5.91 Å². The predicted octanol–water partition coefficient (Wildman–Crippen LogP) is 3.08. The highest BCUT2D eigenvalue weighted by Gasteiger charge is 2.18. The van der Waals surface area contributed by atoms with Gasteiger partial charge in [-0.25, -0.2) is 4.39 Å². The first-order valence-electron chi connectivity index (χ1n) is 7.93. The molecule has 0 saturated heterocycles. The quantitative estimate of drug-likeness (QED) is 0.753. The fraction of sp³-hybridized carbons (Fsp3) is 0.375. The zero-order valence-electron chi connectivity index (χ0n) is 13.3. The van der Waals surface area contributed by atoms with Crippen molar-refractivity contribution in [2.24, 2.45) is 0 Å². The summed E-state index contributed by atoms with van der Waals surface area (Å²) >= 11 is 2.38. The molecule has 3 rings (SSSR count). The van der Waals surface area contributed by atoms with Crippen LogP contribution in [0.5, 0.6) is 0 Å². The maximum absolute atomic E-state index is 12.9. The van der Waals surface area contributed by atoms with Gasteiger partial charge in [-0.05, 0) is 37.1 Å². The lowest BCUT2D eigenvalue weighted by Gasteiger charge is -2.10. The fourth-order valence-electron chi connectivity index (χ4n) is 2.54. The monoisotopic (exact) mass is 380 g/mol. The van der Waals surface area contributed by atoms with Gasteiger partial charge in [-0.1, -0.05) is 35.9 Å². The third kappa shape index (κ3) is 5.23. The van der Waals surface area contributed by atoms with Gasteiger partial charge in [-0.3, -0.25) is 9.59 Å². The molecular weight excluding hydrogens is 363 g/mol. The number of rotatable bonds is 6. The van der Waals surface area contributed by atoms with E-state index in [1.165, 1.54) is 48.9 Å². The Morgan fingerprint density at radius 2 is 1.92 bits per heavy atom. The van der Waals surface area contributed by atoms with Crippen molar-refractivity contribution in [2.45, 2.75) is 36.1 Å². The number of benzene rings is 1. The molecule has 1 aliphatic rings. The predicted molar refractivity (Wildman–Crippen MR) is 95.4 cm³/mol. The van der Waals surface area contributed by atoms with E-state index in [0.717, 1.165) is 24.2 Å².